The molecular formula is C19H16BrNO3S2. The number of benzene rings is 2. The number of likely N-dealkylation sites (N-methyl/N-ethyl adjacent to an activating group) is 1. The number of nitrogens with zero attached hydrogens (tertiary/aromatic N) is 1. The molecule has 4 nitrogen and oxygen atoms in total. The number of thiocarbonyl (C=S) groups is 1. The number of halogens is 1. The minimum Gasteiger partial charge on any atom is -0.493 e. The van der Waals surface area contributed by atoms with Crippen molar-refractivity contribution >= 4 is 56.2 Å². The van der Waals surface area contributed by atoms with E-state index >= 15 is 0 Å². The molecule has 0 aromatic heterocycles. The first kappa shape index (κ1) is 18.9. The number of thioether (sulfide) groups is 1. The summed E-state index contributed by atoms with van der Waals surface area (Å²) in [6.45, 7) is 0.434. The molecule has 0 bridgehead atoms. The molecule has 1 amide bonds. The van der Waals surface area contributed by atoms with E-state index in [9.17, 15) is 4.79 Å². The van der Waals surface area contributed by atoms with Gasteiger partial charge in [-0.1, -0.05) is 54.3 Å². The van der Waals surface area contributed by atoms with Gasteiger partial charge in [0.15, 0.2) is 11.5 Å². The molecular weight excluding hydrogens is 434 g/mol. The largest absolute Gasteiger partial charge is 0.493 e. The van der Waals surface area contributed by atoms with Crippen LogP contribution < -0.4 is 9.47 Å². The van der Waals surface area contributed by atoms with Gasteiger partial charge in [0.05, 0.1) is 16.5 Å². The normalized spacial score (nSPS) is 15.7. The third-order valence-electron chi connectivity index (χ3n) is 3.76. The fourth-order valence-electron chi connectivity index (χ4n) is 2.39. The molecule has 1 heterocycles. The molecule has 0 unspecified atom stereocenters. The van der Waals surface area contributed by atoms with E-state index in [0.717, 1.165) is 15.6 Å². The van der Waals surface area contributed by atoms with Crippen LogP contribution in [0.2, 0.25) is 0 Å². The Morgan fingerprint density at radius 2 is 2.00 bits per heavy atom. The summed E-state index contributed by atoms with van der Waals surface area (Å²) in [6.07, 6.45) is 1.80. The highest BCUT2D eigenvalue weighted by Crippen LogP contribution is 2.39. The third-order valence-corrected chi connectivity index (χ3v) is 5.84. The Labute approximate surface area is 170 Å². The molecule has 0 radical (unpaired) electrons. The fourth-order valence-corrected chi connectivity index (χ4v) is 4.14. The molecule has 0 saturated carbocycles. The predicted octanol–water partition coefficient (Wildman–Crippen LogP) is 4.87. The second kappa shape index (κ2) is 8.24. The summed E-state index contributed by atoms with van der Waals surface area (Å²) >= 11 is 9.99. The van der Waals surface area contributed by atoms with Crippen molar-refractivity contribution in [3.05, 3.63) is 63.0 Å². The summed E-state index contributed by atoms with van der Waals surface area (Å²) in [6, 6.07) is 13.6. The molecule has 7 heteroatoms. The van der Waals surface area contributed by atoms with Crippen LogP contribution in [-0.4, -0.2) is 29.3 Å². The maximum Gasteiger partial charge on any atom is 0.265 e. The van der Waals surface area contributed by atoms with E-state index in [-0.39, 0.29) is 5.91 Å². The van der Waals surface area contributed by atoms with Crippen molar-refractivity contribution in [3.8, 4) is 11.5 Å². The molecule has 3 rings (SSSR count). The molecule has 2 aromatic carbocycles. The Hall–Kier alpha value is -1.83. The highest BCUT2D eigenvalue weighted by Gasteiger charge is 2.28. The average molecular weight is 450 g/mol. The maximum absolute atomic E-state index is 12.2. The summed E-state index contributed by atoms with van der Waals surface area (Å²) in [4.78, 5) is 14.2. The van der Waals surface area contributed by atoms with Gasteiger partial charge in [0, 0.05) is 7.05 Å². The first-order valence-electron chi connectivity index (χ1n) is 7.75. The number of methoxy groups -OCH3 is 1. The van der Waals surface area contributed by atoms with Crippen LogP contribution in [0.25, 0.3) is 6.08 Å². The predicted molar refractivity (Wildman–Crippen MR) is 112 cm³/mol. The molecule has 0 aliphatic carbocycles. The Kier molecular flexibility index (Phi) is 6.01. The summed E-state index contributed by atoms with van der Waals surface area (Å²) in [5.74, 6) is 1.12. The van der Waals surface area contributed by atoms with Crippen LogP contribution >= 0.6 is 39.9 Å². The molecule has 0 spiro atoms. The van der Waals surface area contributed by atoms with E-state index in [1.165, 1.54) is 16.7 Å². The second-order valence-electron chi connectivity index (χ2n) is 5.55. The van der Waals surface area contributed by atoms with Crippen LogP contribution in [0.3, 0.4) is 0 Å². The molecule has 0 N–H and O–H groups in total. The molecule has 26 heavy (non-hydrogen) atoms. The van der Waals surface area contributed by atoms with Crippen molar-refractivity contribution in [2.45, 2.75) is 6.61 Å². The smallest absolute Gasteiger partial charge is 0.265 e. The van der Waals surface area contributed by atoms with Gasteiger partial charge >= 0.3 is 0 Å². The topological polar surface area (TPSA) is 38.8 Å². The highest BCUT2D eigenvalue weighted by molar-refractivity contribution is 9.10. The van der Waals surface area contributed by atoms with E-state index in [4.69, 9.17) is 21.7 Å². The van der Waals surface area contributed by atoms with Crippen molar-refractivity contribution in [3.63, 3.8) is 0 Å². The number of hydrogen-bond acceptors (Lipinski definition) is 5. The number of carbonyl (C=O) groups excluding carboxylic acids is 1. The van der Waals surface area contributed by atoms with Gasteiger partial charge in [-0.25, -0.2) is 0 Å². The summed E-state index contributed by atoms with van der Waals surface area (Å²) in [7, 11) is 3.27. The van der Waals surface area contributed by atoms with E-state index < -0.39 is 0 Å². The molecule has 134 valence electrons. The molecule has 1 fully saturated rings. The van der Waals surface area contributed by atoms with Crippen LogP contribution in [-0.2, 0) is 11.4 Å². The van der Waals surface area contributed by atoms with Gasteiger partial charge in [0.1, 0.15) is 10.9 Å². The summed E-state index contributed by atoms with van der Waals surface area (Å²) in [5.41, 5.74) is 1.90. The lowest BCUT2D eigenvalue weighted by atomic mass is 10.1. The lowest BCUT2D eigenvalue weighted by Crippen LogP contribution is -2.22. The van der Waals surface area contributed by atoms with Gasteiger partial charge < -0.3 is 9.47 Å². The quantitative estimate of drug-likeness (QED) is 0.480. The highest BCUT2D eigenvalue weighted by atomic mass is 79.9. The van der Waals surface area contributed by atoms with Crippen LogP contribution in [0.5, 0.6) is 11.5 Å². The Bertz CT molecular complexity index is 884. The fraction of sp³-hybridized carbons (Fsp3) is 0.158. The molecule has 1 aliphatic rings. The number of hydrogen-bond donors (Lipinski definition) is 0. The molecule has 1 saturated heterocycles. The van der Waals surface area contributed by atoms with E-state index in [2.05, 4.69) is 15.9 Å². The lowest BCUT2D eigenvalue weighted by molar-refractivity contribution is -0.121. The van der Waals surface area contributed by atoms with Crippen molar-refractivity contribution < 1.29 is 14.3 Å². The van der Waals surface area contributed by atoms with Crippen LogP contribution in [0.1, 0.15) is 11.1 Å². The summed E-state index contributed by atoms with van der Waals surface area (Å²) in [5, 5.41) is 0. The number of rotatable bonds is 5. The van der Waals surface area contributed by atoms with Crippen molar-refractivity contribution in [1.29, 1.82) is 0 Å². The van der Waals surface area contributed by atoms with E-state index in [0.29, 0.717) is 27.3 Å². The van der Waals surface area contributed by atoms with Gasteiger partial charge in [0.2, 0.25) is 0 Å². The number of ether oxygens (including phenoxy) is 2. The maximum atomic E-state index is 12.2. The van der Waals surface area contributed by atoms with Gasteiger partial charge in [0.25, 0.3) is 5.91 Å². The first-order valence-corrected chi connectivity index (χ1v) is 9.77. The molecule has 2 aromatic rings. The van der Waals surface area contributed by atoms with E-state index in [1.54, 1.807) is 20.2 Å². The van der Waals surface area contributed by atoms with Gasteiger partial charge in [-0.3, -0.25) is 9.69 Å². The SMILES string of the molecule is COc1cc(C=C2SC(=S)N(C)C2=O)cc(Br)c1OCc1ccccc1. The summed E-state index contributed by atoms with van der Waals surface area (Å²) < 4.78 is 12.7. The number of carbonyl (C=O) groups is 1. The molecule has 0 atom stereocenters. The van der Waals surface area contributed by atoms with Crippen LogP contribution in [0, 0.1) is 0 Å². The van der Waals surface area contributed by atoms with Crippen molar-refractivity contribution in [1.82, 2.24) is 4.90 Å². The standard InChI is InChI=1S/C19H16BrNO3S2/c1-21-18(22)16(26-19(21)25)10-13-8-14(20)17(15(9-13)23-2)24-11-12-6-4-3-5-7-12/h3-10H,11H2,1-2H3. The third kappa shape index (κ3) is 4.11. The second-order valence-corrected chi connectivity index (χ2v) is 8.08. The van der Waals surface area contributed by atoms with Crippen LogP contribution in [0.15, 0.2) is 51.8 Å². The Morgan fingerprint density at radius 1 is 1.27 bits per heavy atom. The minimum atomic E-state index is -0.0977. The monoisotopic (exact) mass is 449 g/mol. The lowest BCUT2D eigenvalue weighted by Gasteiger charge is -2.14. The first-order chi connectivity index (χ1) is 12.5. The van der Waals surface area contributed by atoms with Crippen molar-refractivity contribution in [2.24, 2.45) is 0 Å². The Balaban J connectivity index is 1.86. The van der Waals surface area contributed by atoms with Crippen LogP contribution in [0.4, 0.5) is 0 Å². The molecule has 1 aliphatic heterocycles. The number of amides is 1. The minimum absolute atomic E-state index is 0.0977. The average Bonchev–Trinajstić information content (AvgIpc) is 2.88. The van der Waals surface area contributed by atoms with Gasteiger partial charge in [-0.05, 0) is 45.3 Å². The van der Waals surface area contributed by atoms with Gasteiger partial charge in [-0.15, -0.1) is 0 Å². The Morgan fingerprint density at radius 3 is 2.62 bits per heavy atom. The van der Waals surface area contributed by atoms with E-state index in [1.807, 2.05) is 42.5 Å². The van der Waals surface area contributed by atoms with Crippen molar-refractivity contribution in [2.75, 3.05) is 14.2 Å². The zero-order chi connectivity index (χ0) is 18.7. The zero-order valence-electron chi connectivity index (χ0n) is 14.2. The zero-order valence-corrected chi connectivity index (χ0v) is 17.4. The van der Waals surface area contributed by atoms with Gasteiger partial charge in [-0.2, -0.15) is 0 Å².